The molecule has 0 radical (unpaired) electrons. The molecule has 0 spiro atoms. The van der Waals surface area contributed by atoms with Gasteiger partial charge in [-0.25, -0.2) is 0 Å². The third-order valence-electron chi connectivity index (χ3n) is 8.55. The summed E-state index contributed by atoms with van der Waals surface area (Å²) in [6, 6.07) is 6.34. The normalized spacial score (nSPS) is 28.6. The Bertz CT molecular complexity index is 982. The summed E-state index contributed by atoms with van der Waals surface area (Å²) in [7, 11) is 0. The quantitative estimate of drug-likeness (QED) is 0.332. The van der Waals surface area contributed by atoms with Gasteiger partial charge in [0.2, 0.25) is 5.91 Å². The van der Waals surface area contributed by atoms with Gasteiger partial charge >= 0.3 is 5.97 Å². The van der Waals surface area contributed by atoms with Gasteiger partial charge in [0, 0.05) is 50.4 Å². The number of nitro benzene ring substituents is 1. The van der Waals surface area contributed by atoms with Crippen LogP contribution in [0.1, 0.15) is 44.9 Å². The minimum absolute atomic E-state index is 0.0401. The van der Waals surface area contributed by atoms with E-state index in [-0.39, 0.29) is 36.1 Å². The first kappa shape index (κ1) is 24.5. The van der Waals surface area contributed by atoms with Crippen LogP contribution in [-0.4, -0.2) is 66.9 Å². The molecular weight excluding hydrogens is 464 g/mol. The fourth-order valence-corrected chi connectivity index (χ4v) is 7.36. The average Bonchev–Trinajstić information content (AvgIpc) is 2.85. The average molecular weight is 499 g/mol. The number of rotatable bonds is 8. The first-order chi connectivity index (χ1) is 17.3. The summed E-state index contributed by atoms with van der Waals surface area (Å²) in [5, 5.41) is 13.5. The van der Waals surface area contributed by atoms with Crippen molar-refractivity contribution >= 4 is 29.2 Å². The van der Waals surface area contributed by atoms with Crippen LogP contribution in [0.4, 0.5) is 11.4 Å². The van der Waals surface area contributed by atoms with Crippen molar-refractivity contribution in [2.45, 2.75) is 44.9 Å². The zero-order chi connectivity index (χ0) is 25.3. The van der Waals surface area contributed by atoms with Crippen LogP contribution in [0.15, 0.2) is 24.3 Å². The van der Waals surface area contributed by atoms with Crippen LogP contribution in [0.2, 0.25) is 0 Å². The fourth-order valence-electron chi connectivity index (χ4n) is 7.36. The third-order valence-corrected chi connectivity index (χ3v) is 8.55. The Morgan fingerprint density at radius 1 is 0.972 bits per heavy atom. The zero-order valence-electron chi connectivity index (χ0n) is 20.5. The SMILES string of the molecule is O=C(CC12CC3CC(CC(C3)C1)C2)NCC(=O)OCC(=O)N1CCN(c2ccc([N+](=O)[O-])cc2)CC1. The van der Waals surface area contributed by atoms with Gasteiger partial charge in [-0.3, -0.25) is 24.5 Å². The molecule has 4 bridgehead atoms. The summed E-state index contributed by atoms with van der Waals surface area (Å²) >= 11 is 0. The van der Waals surface area contributed by atoms with Gasteiger partial charge < -0.3 is 19.9 Å². The molecule has 10 heteroatoms. The summed E-state index contributed by atoms with van der Waals surface area (Å²) in [6.07, 6.45) is 7.89. The van der Waals surface area contributed by atoms with Crippen LogP contribution in [0.3, 0.4) is 0 Å². The number of hydrogen-bond acceptors (Lipinski definition) is 7. The van der Waals surface area contributed by atoms with E-state index in [1.54, 1.807) is 17.0 Å². The fraction of sp³-hybridized carbons (Fsp3) is 0.654. The van der Waals surface area contributed by atoms with E-state index in [1.807, 2.05) is 0 Å². The first-order valence-electron chi connectivity index (χ1n) is 13.0. The summed E-state index contributed by atoms with van der Waals surface area (Å²) in [5.41, 5.74) is 1.02. The molecule has 10 nitrogen and oxygen atoms in total. The Morgan fingerprint density at radius 2 is 1.56 bits per heavy atom. The number of nitro groups is 1. The lowest BCUT2D eigenvalue weighted by atomic mass is 9.49. The van der Waals surface area contributed by atoms with E-state index in [0.29, 0.717) is 32.6 Å². The van der Waals surface area contributed by atoms with Gasteiger partial charge in [0.1, 0.15) is 6.54 Å². The molecule has 0 aromatic heterocycles. The first-order valence-corrected chi connectivity index (χ1v) is 13.0. The molecule has 5 aliphatic rings. The van der Waals surface area contributed by atoms with Crippen LogP contribution in [0, 0.1) is 33.3 Å². The van der Waals surface area contributed by atoms with Crippen molar-refractivity contribution in [1.82, 2.24) is 10.2 Å². The molecule has 4 aliphatic carbocycles. The Kier molecular flexibility index (Phi) is 6.85. The van der Waals surface area contributed by atoms with Crippen molar-refractivity contribution in [2.24, 2.45) is 23.2 Å². The van der Waals surface area contributed by atoms with E-state index in [2.05, 4.69) is 10.2 Å². The summed E-state index contributed by atoms with van der Waals surface area (Å²) in [6.45, 7) is 1.54. The molecule has 36 heavy (non-hydrogen) atoms. The lowest BCUT2D eigenvalue weighted by Crippen LogP contribution is -2.50. The minimum Gasteiger partial charge on any atom is -0.454 e. The van der Waals surface area contributed by atoms with Crippen molar-refractivity contribution in [3.63, 3.8) is 0 Å². The van der Waals surface area contributed by atoms with E-state index in [4.69, 9.17) is 4.74 Å². The Balaban J connectivity index is 0.998. The number of piperazine rings is 1. The standard InChI is InChI=1S/C26H34N4O6/c31-23(15-26-12-18-9-19(13-26)11-20(10-18)14-26)27-16-25(33)36-17-24(32)29-7-5-28(6-8-29)21-1-3-22(4-2-21)30(34)35/h1-4,18-20H,5-17H2,(H,27,31). The molecule has 0 unspecified atom stereocenters. The third kappa shape index (κ3) is 5.47. The summed E-state index contributed by atoms with van der Waals surface area (Å²) in [4.78, 5) is 51.3. The van der Waals surface area contributed by atoms with Crippen molar-refractivity contribution in [2.75, 3.05) is 44.2 Å². The van der Waals surface area contributed by atoms with E-state index >= 15 is 0 Å². The molecule has 1 saturated heterocycles. The summed E-state index contributed by atoms with van der Waals surface area (Å²) in [5.74, 6) is 1.35. The van der Waals surface area contributed by atoms with Crippen molar-refractivity contribution in [1.29, 1.82) is 0 Å². The number of nitrogens with zero attached hydrogens (tertiary/aromatic N) is 3. The number of esters is 1. The van der Waals surface area contributed by atoms with Gasteiger partial charge in [0.25, 0.3) is 11.6 Å². The number of non-ortho nitro benzene ring substituents is 1. The van der Waals surface area contributed by atoms with Crippen molar-refractivity contribution in [3.8, 4) is 0 Å². The number of benzene rings is 1. The van der Waals surface area contributed by atoms with Gasteiger partial charge in [-0.2, -0.15) is 0 Å². The van der Waals surface area contributed by atoms with E-state index < -0.39 is 10.9 Å². The number of nitrogens with one attached hydrogen (secondary N) is 1. The van der Waals surface area contributed by atoms with Crippen molar-refractivity contribution < 1.29 is 24.0 Å². The monoisotopic (exact) mass is 498 g/mol. The maximum absolute atomic E-state index is 12.6. The second-order valence-corrected chi connectivity index (χ2v) is 11.2. The largest absolute Gasteiger partial charge is 0.454 e. The molecule has 4 saturated carbocycles. The smallest absolute Gasteiger partial charge is 0.325 e. The van der Waals surface area contributed by atoms with Crippen LogP contribution >= 0.6 is 0 Å². The highest BCUT2D eigenvalue weighted by molar-refractivity contribution is 5.84. The molecule has 1 heterocycles. The van der Waals surface area contributed by atoms with Gasteiger partial charge in [-0.15, -0.1) is 0 Å². The number of hydrogen-bond donors (Lipinski definition) is 1. The molecule has 0 atom stereocenters. The van der Waals surface area contributed by atoms with E-state index in [1.165, 1.54) is 31.4 Å². The van der Waals surface area contributed by atoms with E-state index in [9.17, 15) is 24.5 Å². The minimum atomic E-state index is -0.605. The molecule has 1 aliphatic heterocycles. The molecular formula is C26H34N4O6. The molecule has 1 aromatic carbocycles. The molecule has 5 fully saturated rings. The Labute approximate surface area is 210 Å². The number of anilines is 1. The van der Waals surface area contributed by atoms with Crippen molar-refractivity contribution in [3.05, 3.63) is 34.4 Å². The van der Waals surface area contributed by atoms with Crippen LogP contribution in [0.25, 0.3) is 0 Å². The highest BCUT2D eigenvalue weighted by atomic mass is 16.6. The van der Waals surface area contributed by atoms with Crippen LogP contribution < -0.4 is 10.2 Å². The topological polar surface area (TPSA) is 122 Å². The van der Waals surface area contributed by atoms with E-state index in [0.717, 1.165) is 42.7 Å². The lowest BCUT2D eigenvalue weighted by Gasteiger charge is -2.56. The van der Waals surface area contributed by atoms with Gasteiger partial charge in [-0.1, -0.05) is 0 Å². The molecule has 2 amide bonds. The number of ether oxygens (including phenoxy) is 1. The maximum atomic E-state index is 12.6. The van der Waals surface area contributed by atoms with Gasteiger partial charge in [0.15, 0.2) is 6.61 Å². The van der Waals surface area contributed by atoms with Gasteiger partial charge in [-0.05, 0) is 73.8 Å². The highest BCUT2D eigenvalue weighted by Crippen LogP contribution is 2.61. The predicted molar refractivity (Wildman–Crippen MR) is 131 cm³/mol. The predicted octanol–water partition coefficient (Wildman–Crippen LogP) is 2.51. The zero-order valence-corrected chi connectivity index (χ0v) is 20.5. The highest BCUT2D eigenvalue weighted by Gasteiger charge is 2.51. The molecule has 194 valence electrons. The Hall–Kier alpha value is -3.17. The second-order valence-electron chi connectivity index (χ2n) is 11.2. The molecule has 1 aromatic rings. The number of carbonyl (C=O) groups is 3. The summed E-state index contributed by atoms with van der Waals surface area (Å²) < 4.78 is 5.13. The lowest BCUT2D eigenvalue weighted by molar-refractivity contribution is -0.384. The number of amides is 2. The van der Waals surface area contributed by atoms with Gasteiger partial charge in [0.05, 0.1) is 4.92 Å². The van der Waals surface area contributed by atoms with Crippen LogP contribution in [0.5, 0.6) is 0 Å². The number of carbonyl (C=O) groups excluding carboxylic acids is 3. The maximum Gasteiger partial charge on any atom is 0.325 e. The van der Waals surface area contributed by atoms with Crippen LogP contribution in [-0.2, 0) is 19.1 Å². The molecule has 1 N–H and O–H groups in total. The Morgan fingerprint density at radius 3 is 2.11 bits per heavy atom. The molecule has 6 rings (SSSR count). The second kappa shape index (κ2) is 10.1.